The summed E-state index contributed by atoms with van der Waals surface area (Å²) in [6.45, 7) is 11.2. The van der Waals surface area contributed by atoms with E-state index in [-0.39, 0.29) is 11.9 Å². The summed E-state index contributed by atoms with van der Waals surface area (Å²) in [6.07, 6.45) is 0.811. The van der Waals surface area contributed by atoms with Crippen LogP contribution in [-0.4, -0.2) is 55.6 Å². The van der Waals surface area contributed by atoms with Gasteiger partial charge in [-0.15, -0.1) is 11.3 Å². The van der Waals surface area contributed by atoms with Crippen LogP contribution >= 0.6 is 11.3 Å². The highest BCUT2D eigenvalue weighted by atomic mass is 32.1. The van der Waals surface area contributed by atoms with Gasteiger partial charge in [-0.25, -0.2) is 4.79 Å². The fraction of sp³-hybridized carbons (Fsp3) is 0.478. The number of hydrogen-bond donors (Lipinski definition) is 1. The van der Waals surface area contributed by atoms with Crippen LogP contribution in [-0.2, 0) is 16.0 Å². The monoisotopic (exact) mass is 429 g/mol. The van der Waals surface area contributed by atoms with Gasteiger partial charge in [-0.05, 0) is 45.4 Å². The van der Waals surface area contributed by atoms with Crippen molar-refractivity contribution in [3.63, 3.8) is 0 Å². The highest BCUT2D eigenvalue weighted by Gasteiger charge is 2.26. The molecule has 6 nitrogen and oxygen atoms in total. The van der Waals surface area contributed by atoms with Gasteiger partial charge in [0.1, 0.15) is 5.00 Å². The first-order valence-corrected chi connectivity index (χ1v) is 11.4. The SMILES string of the molecule is CCOC(=O)c1cc(CC)sc1NC(=O)CN1CCN(c2ccc(C)cc2)C(C)C1. The zero-order valence-corrected chi connectivity index (χ0v) is 19.1. The van der Waals surface area contributed by atoms with E-state index in [0.717, 1.165) is 30.9 Å². The summed E-state index contributed by atoms with van der Waals surface area (Å²) in [7, 11) is 0. The molecule has 1 aromatic heterocycles. The summed E-state index contributed by atoms with van der Waals surface area (Å²) in [5.41, 5.74) is 2.93. The van der Waals surface area contributed by atoms with Crippen LogP contribution in [0.4, 0.5) is 10.7 Å². The lowest BCUT2D eigenvalue weighted by atomic mass is 10.1. The summed E-state index contributed by atoms with van der Waals surface area (Å²) in [5.74, 6) is -0.481. The summed E-state index contributed by atoms with van der Waals surface area (Å²) < 4.78 is 5.13. The van der Waals surface area contributed by atoms with E-state index >= 15 is 0 Å². The number of anilines is 2. The van der Waals surface area contributed by atoms with Crippen molar-refractivity contribution in [2.24, 2.45) is 0 Å². The summed E-state index contributed by atoms with van der Waals surface area (Å²) in [5, 5.41) is 3.52. The smallest absolute Gasteiger partial charge is 0.341 e. The lowest BCUT2D eigenvalue weighted by Gasteiger charge is -2.41. The van der Waals surface area contributed by atoms with E-state index in [1.54, 1.807) is 6.92 Å². The quantitative estimate of drug-likeness (QED) is 0.676. The Balaban J connectivity index is 1.59. The van der Waals surface area contributed by atoms with Crippen molar-refractivity contribution in [2.75, 3.05) is 43.0 Å². The van der Waals surface area contributed by atoms with E-state index in [1.807, 2.05) is 13.0 Å². The number of amides is 1. The number of esters is 1. The van der Waals surface area contributed by atoms with Crippen LogP contribution in [0.2, 0.25) is 0 Å². The maximum atomic E-state index is 12.7. The van der Waals surface area contributed by atoms with Crippen molar-refractivity contribution in [3.05, 3.63) is 46.3 Å². The third kappa shape index (κ3) is 5.40. The first-order chi connectivity index (χ1) is 14.4. The van der Waals surface area contributed by atoms with Gasteiger partial charge in [-0.1, -0.05) is 24.6 Å². The van der Waals surface area contributed by atoms with E-state index in [0.29, 0.717) is 29.8 Å². The second-order valence-electron chi connectivity index (χ2n) is 7.69. The predicted molar refractivity (Wildman–Crippen MR) is 123 cm³/mol. The standard InChI is InChI=1S/C23H31N3O3S/c1-5-19-13-20(23(28)29-6-2)22(30-19)24-21(27)15-25-11-12-26(17(4)14-25)18-9-7-16(3)8-10-18/h7-10,13,17H,5-6,11-12,14-15H2,1-4H3,(H,24,27). The molecule has 1 aliphatic rings. The average molecular weight is 430 g/mol. The molecule has 1 fully saturated rings. The normalized spacial score (nSPS) is 17.1. The molecule has 2 heterocycles. The highest BCUT2D eigenvalue weighted by Crippen LogP contribution is 2.29. The number of thiophene rings is 1. The second kappa shape index (κ2) is 10.1. The Kier molecular flexibility index (Phi) is 7.50. The Morgan fingerprint density at radius 3 is 2.57 bits per heavy atom. The number of carbonyl (C=O) groups excluding carboxylic acids is 2. The molecule has 0 bridgehead atoms. The fourth-order valence-corrected chi connectivity index (χ4v) is 4.74. The van der Waals surface area contributed by atoms with Crippen LogP contribution in [0.15, 0.2) is 30.3 Å². The number of aryl methyl sites for hydroxylation is 2. The Morgan fingerprint density at radius 2 is 1.93 bits per heavy atom. The van der Waals surface area contributed by atoms with E-state index in [2.05, 4.69) is 53.2 Å². The molecule has 0 spiro atoms. The molecule has 1 N–H and O–H groups in total. The van der Waals surface area contributed by atoms with Crippen molar-refractivity contribution < 1.29 is 14.3 Å². The second-order valence-corrected chi connectivity index (χ2v) is 8.83. The van der Waals surface area contributed by atoms with Gasteiger partial charge in [-0.2, -0.15) is 0 Å². The van der Waals surface area contributed by atoms with Gasteiger partial charge in [0, 0.05) is 36.2 Å². The van der Waals surface area contributed by atoms with Crippen LogP contribution in [0.3, 0.4) is 0 Å². The number of hydrogen-bond acceptors (Lipinski definition) is 6. The molecule has 1 saturated heterocycles. The number of nitrogens with zero attached hydrogens (tertiary/aromatic N) is 2. The Bertz CT molecular complexity index is 878. The fourth-order valence-electron chi connectivity index (χ4n) is 3.74. The van der Waals surface area contributed by atoms with E-state index in [1.165, 1.54) is 22.6 Å². The van der Waals surface area contributed by atoms with E-state index in [4.69, 9.17) is 4.74 Å². The molecule has 162 valence electrons. The molecule has 1 unspecified atom stereocenters. The minimum atomic E-state index is -0.385. The summed E-state index contributed by atoms with van der Waals surface area (Å²) in [4.78, 5) is 30.5. The van der Waals surface area contributed by atoms with Gasteiger partial charge in [0.15, 0.2) is 0 Å². The predicted octanol–water partition coefficient (Wildman–Crippen LogP) is 3.94. The van der Waals surface area contributed by atoms with Crippen LogP contribution in [0.25, 0.3) is 0 Å². The number of nitrogens with one attached hydrogen (secondary N) is 1. The van der Waals surface area contributed by atoms with Gasteiger partial charge in [0.25, 0.3) is 0 Å². The van der Waals surface area contributed by atoms with Crippen LogP contribution in [0, 0.1) is 6.92 Å². The Labute approximate surface area is 182 Å². The molecule has 1 aromatic carbocycles. The molecule has 2 aromatic rings. The number of piperazine rings is 1. The zero-order chi connectivity index (χ0) is 21.7. The topological polar surface area (TPSA) is 61.9 Å². The summed E-state index contributed by atoms with van der Waals surface area (Å²) >= 11 is 1.44. The molecule has 7 heteroatoms. The number of carbonyl (C=O) groups is 2. The molecule has 30 heavy (non-hydrogen) atoms. The van der Waals surface area contributed by atoms with E-state index < -0.39 is 0 Å². The van der Waals surface area contributed by atoms with Gasteiger partial charge in [-0.3, -0.25) is 9.69 Å². The first kappa shape index (κ1) is 22.3. The van der Waals surface area contributed by atoms with Gasteiger partial charge < -0.3 is 15.0 Å². The number of ether oxygens (including phenoxy) is 1. The molecule has 0 aliphatic carbocycles. The van der Waals surface area contributed by atoms with Crippen molar-refractivity contribution in [1.82, 2.24) is 4.90 Å². The van der Waals surface area contributed by atoms with Crippen molar-refractivity contribution in [3.8, 4) is 0 Å². The van der Waals surface area contributed by atoms with Crippen molar-refractivity contribution >= 4 is 33.9 Å². The Hall–Kier alpha value is -2.38. The molecule has 3 rings (SSSR count). The minimum absolute atomic E-state index is 0.0963. The molecule has 0 radical (unpaired) electrons. The van der Waals surface area contributed by atoms with Crippen LogP contribution < -0.4 is 10.2 Å². The first-order valence-electron chi connectivity index (χ1n) is 10.6. The lowest BCUT2D eigenvalue weighted by Crippen LogP contribution is -2.53. The third-order valence-corrected chi connectivity index (χ3v) is 6.52. The molecular weight excluding hydrogens is 398 g/mol. The minimum Gasteiger partial charge on any atom is -0.462 e. The van der Waals surface area contributed by atoms with E-state index in [9.17, 15) is 9.59 Å². The lowest BCUT2D eigenvalue weighted by molar-refractivity contribution is -0.117. The summed E-state index contributed by atoms with van der Waals surface area (Å²) in [6, 6.07) is 10.7. The average Bonchev–Trinajstić information content (AvgIpc) is 3.12. The van der Waals surface area contributed by atoms with Crippen LogP contribution in [0.1, 0.15) is 41.6 Å². The maximum absolute atomic E-state index is 12.7. The van der Waals surface area contributed by atoms with Crippen molar-refractivity contribution in [1.29, 1.82) is 0 Å². The van der Waals surface area contributed by atoms with Gasteiger partial charge in [0.2, 0.25) is 5.91 Å². The molecule has 1 atom stereocenters. The largest absolute Gasteiger partial charge is 0.462 e. The van der Waals surface area contributed by atoms with Gasteiger partial charge in [0.05, 0.1) is 18.7 Å². The molecule has 1 amide bonds. The zero-order valence-electron chi connectivity index (χ0n) is 18.2. The maximum Gasteiger partial charge on any atom is 0.341 e. The molecular formula is C23H31N3O3S. The number of benzene rings is 1. The number of rotatable bonds is 7. The molecule has 0 saturated carbocycles. The van der Waals surface area contributed by atoms with Crippen LogP contribution in [0.5, 0.6) is 0 Å². The molecule has 1 aliphatic heterocycles. The van der Waals surface area contributed by atoms with Gasteiger partial charge >= 0.3 is 5.97 Å². The van der Waals surface area contributed by atoms with Crippen molar-refractivity contribution in [2.45, 2.75) is 40.2 Å². The highest BCUT2D eigenvalue weighted by molar-refractivity contribution is 7.16. The third-order valence-electron chi connectivity index (χ3n) is 5.32. The Morgan fingerprint density at radius 1 is 1.20 bits per heavy atom.